The van der Waals surface area contributed by atoms with Crippen molar-refractivity contribution in [1.29, 1.82) is 0 Å². The zero-order valence-electron chi connectivity index (χ0n) is 29.5. The Labute approximate surface area is 296 Å². The molecule has 8 rings (SSSR count). The number of aromatic nitrogens is 1. The Hall–Kier alpha value is -3.41. The number of likely N-dealkylation sites (tertiary alicyclic amines) is 1. The van der Waals surface area contributed by atoms with Crippen LogP contribution in [0.5, 0.6) is 5.75 Å². The molecular weight excluding hydrogens is 651 g/mol. The van der Waals surface area contributed by atoms with Crippen LogP contribution in [-0.4, -0.2) is 91.3 Å². The maximum Gasteiger partial charge on any atom is 0.304 e. The summed E-state index contributed by atoms with van der Waals surface area (Å²) in [6, 6.07) is 14.4. The second-order valence-electron chi connectivity index (χ2n) is 15.6. The van der Waals surface area contributed by atoms with Gasteiger partial charge >= 0.3 is 10.2 Å². The fourth-order valence-electron chi connectivity index (χ4n) is 9.50. The molecule has 1 N–H and O–H groups in total. The average Bonchev–Trinajstić information content (AvgIpc) is 3.78. The van der Waals surface area contributed by atoms with E-state index in [9.17, 15) is 18.0 Å². The fraction of sp³-hybridized carbons (Fsp3) is 0.590. The van der Waals surface area contributed by atoms with Crippen LogP contribution in [0.15, 0.2) is 42.5 Å². The minimum Gasteiger partial charge on any atom is -0.497 e. The molecule has 5 fully saturated rings. The van der Waals surface area contributed by atoms with Crippen LogP contribution in [0.1, 0.15) is 98.9 Å². The zero-order chi connectivity index (χ0) is 34.6. The van der Waals surface area contributed by atoms with Crippen molar-refractivity contribution in [1.82, 2.24) is 23.4 Å². The molecule has 10 nitrogen and oxygen atoms in total. The molecule has 1 aromatic heterocycles. The SMILES string of the molecule is COc1ccc(-c2c(C3CCCCC3)c3ccc(C(=O)NS(=O)(=O)N4CCCCC4)cc3n2CC2(C(=O)N3C4CCC3CN(C)C4)CC2)cc1. The third kappa shape index (κ3) is 6.13. The van der Waals surface area contributed by atoms with Crippen LogP contribution in [-0.2, 0) is 21.5 Å². The molecule has 11 heteroatoms. The summed E-state index contributed by atoms with van der Waals surface area (Å²) in [5, 5.41) is 1.08. The highest BCUT2D eigenvalue weighted by Gasteiger charge is 2.56. The summed E-state index contributed by atoms with van der Waals surface area (Å²) in [5.74, 6) is 0.787. The first-order valence-corrected chi connectivity index (χ1v) is 20.3. The first kappa shape index (κ1) is 33.7. The normalized spacial score (nSPS) is 24.4. The molecule has 2 unspecified atom stereocenters. The molecule has 2 aromatic carbocycles. The Morgan fingerprint density at radius 1 is 0.880 bits per heavy atom. The van der Waals surface area contributed by atoms with Crippen molar-refractivity contribution in [3.05, 3.63) is 53.6 Å². The van der Waals surface area contributed by atoms with Gasteiger partial charge in [-0.1, -0.05) is 31.7 Å². The van der Waals surface area contributed by atoms with Gasteiger partial charge in [-0.3, -0.25) is 9.59 Å². The summed E-state index contributed by atoms with van der Waals surface area (Å²) in [6.07, 6.45) is 12.1. The highest BCUT2D eigenvalue weighted by atomic mass is 32.2. The Balaban J connectivity index is 1.24. The van der Waals surface area contributed by atoms with E-state index in [0.29, 0.717) is 31.1 Å². The van der Waals surface area contributed by atoms with Gasteiger partial charge < -0.3 is 19.1 Å². The van der Waals surface area contributed by atoms with E-state index in [-0.39, 0.29) is 18.0 Å². The van der Waals surface area contributed by atoms with Crippen LogP contribution in [0.3, 0.4) is 0 Å². The van der Waals surface area contributed by atoms with E-state index in [1.165, 1.54) is 29.1 Å². The van der Waals surface area contributed by atoms with E-state index >= 15 is 0 Å². The molecule has 2 atom stereocenters. The largest absolute Gasteiger partial charge is 0.497 e. The standard InChI is InChI=1S/C39H51N5O5S/c1-41-24-30-14-15-31(25-41)44(30)38(46)39(19-20-39)26-43-34-23-29(37(45)40-50(47,48)42-21-7-4-8-22-42)13-18-33(34)35(27-9-5-3-6-10-27)36(43)28-11-16-32(49-2)17-12-28/h11-13,16-18,23,27,30-31H,3-10,14-15,19-22,24-26H2,1-2H3,(H,40,45). The van der Waals surface area contributed by atoms with Crippen molar-refractivity contribution in [2.24, 2.45) is 5.41 Å². The second kappa shape index (κ2) is 13.3. The second-order valence-corrected chi connectivity index (χ2v) is 17.3. The lowest BCUT2D eigenvalue weighted by molar-refractivity contribution is -0.143. The molecule has 3 aliphatic heterocycles. The number of carbonyl (C=O) groups excluding carboxylic acids is 2. The lowest BCUT2D eigenvalue weighted by atomic mass is 9.81. The Kier molecular flexibility index (Phi) is 8.96. The first-order valence-electron chi connectivity index (χ1n) is 18.8. The number of carbonyl (C=O) groups is 2. The minimum absolute atomic E-state index is 0.265. The van der Waals surface area contributed by atoms with Gasteiger partial charge in [0.05, 0.1) is 18.2 Å². The zero-order valence-corrected chi connectivity index (χ0v) is 30.3. The molecule has 2 aliphatic carbocycles. The van der Waals surface area contributed by atoms with Crippen LogP contribution < -0.4 is 9.46 Å². The van der Waals surface area contributed by atoms with Crippen molar-refractivity contribution in [2.75, 3.05) is 40.3 Å². The minimum atomic E-state index is -3.95. The molecule has 4 heterocycles. The van der Waals surface area contributed by atoms with E-state index < -0.39 is 21.5 Å². The van der Waals surface area contributed by atoms with Crippen molar-refractivity contribution in [3.8, 4) is 17.0 Å². The Morgan fingerprint density at radius 2 is 1.54 bits per heavy atom. The fourth-order valence-corrected chi connectivity index (χ4v) is 10.7. The predicted molar refractivity (Wildman–Crippen MR) is 194 cm³/mol. The van der Waals surface area contributed by atoms with Crippen molar-refractivity contribution in [2.45, 2.75) is 102 Å². The average molecular weight is 702 g/mol. The van der Waals surface area contributed by atoms with E-state index in [1.54, 1.807) is 13.2 Å². The summed E-state index contributed by atoms with van der Waals surface area (Å²) in [7, 11) is -0.123. The number of hydrogen-bond donors (Lipinski definition) is 1. The van der Waals surface area contributed by atoms with Gasteiger partial charge in [-0.2, -0.15) is 12.7 Å². The summed E-state index contributed by atoms with van der Waals surface area (Å²) >= 11 is 0. The van der Waals surface area contributed by atoms with Gasteiger partial charge in [0.2, 0.25) is 5.91 Å². The van der Waals surface area contributed by atoms with Gasteiger partial charge in [0.25, 0.3) is 5.91 Å². The van der Waals surface area contributed by atoms with E-state index in [4.69, 9.17) is 4.74 Å². The number of piperazine rings is 1. The Morgan fingerprint density at radius 3 is 2.18 bits per heavy atom. The highest BCUT2D eigenvalue weighted by Crippen LogP contribution is 2.53. The lowest BCUT2D eigenvalue weighted by Crippen LogP contribution is -2.56. The number of rotatable bonds is 9. The van der Waals surface area contributed by atoms with Crippen LogP contribution >= 0.6 is 0 Å². The molecule has 2 amide bonds. The molecule has 268 valence electrons. The number of amides is 2. The van der Waals surface area contributed by atoms with Crippen molar-refractivity contribution < 1.29 is 22.7 Å². The molecule has 2 bridgehead atoms. The topological polar surface area (TPSA) is 104 Å². The first-order chi connectivity index (χ1) is 24.2. The molecule has 50 heavy (non-hydrogen) atoms. The van der Waals surface area contributed by atoms with Gasteiger partial charge in [0.1, 0.15) is 5.75 Å². The molecule has 2 saturated carbocycles. The number of hydrogen-bond acceptors (Lipinski definition) is 6. The number of piperidine rings is 1. The van der Waals surface area contributed by atoms with Crippen LogP contribution in [0.2, 0.25) is 0 Å². The van der Waals surface area contributed by atoms with Crippen LogP contribution in [0.25, 0.3) is 22.2 Å². The monoisotopic (exact) mass is 701 g/mol. The smallest absolute Gasteiger partial charge is 0.304 e. The lowest BCUT2D eigenvalue weighted by Gasteiger charge is -2.41. The maximum absolute atomic E-state index is 14.7. The number of methoxy groups -OCH3 is 1. The number of benzene rings is 2. The van der Waals surface area contributed by atoms with Crippen LogP contribution in [0, 0.1) is 5.41 Å². The van der Waals surface area contributed by atoms with Gasteiger partial charge in [-0.15, -0.1) is 0 Å². The van der Waals surface area contributed by atoms with Gasteiger partial charge in [0, 0.05) is 61.3 Å². The number of ether oxygens (including phenoxy) is 1. The third-order valence-corrected chi connectivity index (χ3v) is 13.8. The molecular formula is C39H51N5O5S. The Bertz CT molecular complexity index is 1860. The van der Waals surface area contributed by atoms with Crippen molar-refractivity contribution in [3.63, 3.8) is 0 Å². The maximum atomic E-state index is 14.7. The van der Waals surface area contributed by atoms with Crippen molar-refractivity contribution >= 4 is 32.9 Å². The highest BCUT2D eigenvalue weighted by molar-refractivity contribution is 7.87. The third-order valence-electron chi connectivity index (χ3n) is 12.3. The molecule has 3 aromatic rings. The summed E-state index contributed by atoms with van der Waals surface area (Å²) in [4.78, 5) is 33.0. The molecule has 0 radical (unpaired) electrons. The summed E-state index contributed by atoms with van der Waals surface area (Å²) < 4.78 is 38.1. The van der Waals surface area contributed by atoms with E-state index in [1.807, 2.05) is 24.3 Å². The van der Waals surface area contributed by atoms with Crippen LogP contribution in [0.4, 0.5) is 0 Å². The van der Waals surface area contributed by atoms with Gasteiger partial charge in [-0.05, 0) is 112 Å². The molecule has 5 aliphatic rings. The van der Waals surface area contributed by atoms with Gasteiger partial charge in [0.15, 0.2) is 0 Å². The molecule has 0 spiro atoms. The predicted octanol–water partition coefficient (Wildman–Crippen LogP) is 5.91. The van der Waals surface area contributed by atoms with Gasteiger partial charge in [-0.25, -0.2) is 4.72 Å². The quantitative estimate of drug-likeness (QED) is 0.298. The molecule has 3 saturated heterocycles. The summed E-state index contributed by atoms with van der Waals surface area (Å²) in [6.45, 7) is 3.22. The summed E-state index contributed by atoms with van der Waals surface area (Å²) in [5.41, 5.74) is 4.14. The number of likely N-dealkylation sites (N-methyl/N-ethyl adjacent to an activating group) is 1. The number of nitrogens with one attached hydrogen (secondary N) is 1. The van der Waals surface area contributed by atoms with E-state index in [0.717, 1.165) is 98.8 Å². The van der Waals surface area contributed by atoms with E-state index in [2.05, 4.69) is 38.3 Å². The number of fused-ring (bicyclic) bond motifs is 3. The number of nitrogens with zero attached hydrogens (tertiary/aromatic N) is 4.